The fourth-order valence-corrected chi connectivity index (χ4v) is 2.88. The summed E-state index contributed by atoms with van der Waals surface area (Å²) in [7, 11) is 0. The molecule has 124 valence electrons. The van der Waals surface area contributed by atoms with Crippen LogP contribution >= 0.6 is 27.3 Å². The molecule has 0 spiro atoms. The molecule has 9 heteroatoms. The van der Waals surface area contributed by atoms with Crippen LogP contribution in [0.15, 0.2) is 21.2 Å². The fraction of sp³-hybridized carbons (Fsp3) is 0.429. The molecule has 0 aromatic carbocycles. The molecule has 0 aliphatic heterocycles. The van der Waals surface area contributed by atoms with Crippen LogP contribution in [0.4, 0.5) is 5.13 Å². The Labute approximate surface area is 146 Å². The second kappa shape index (κ2) is 8.78. The zero-order valence-electron chi connectivity index (χ0n) is 12.6. The van der Waals surface area contributed by atoms with E-state index in [0.29, 0.717) is 9.80 Å². The van der Waals surface area contributed by atoms with Crippen molar-refractivity contribution in [2.45, 2.75) is 32.6 Å². The summed E-state index contributed by atoms with van der Waals surface area (Å²) in [5.74, 6) is -0.678. The highest BCUT2D eigenvalue weighted by Crippen LogP contribution is 2.17. The lowest BCUT2D eigenvalue weighted by atomic mass is 10.2. The number of rotatable bonds is 8. The van der Waals surface area contributed by atoms with Crippen molar-refractivity contribution in [3.8, 4) is 0 Å². The maximum absolute atomic E-state index is 11.8. The molecule has 0 bridgehead atoms. The third kappa shape index (κ3) is 5.76. The molecule has 2 N–H and O–H groups in total. The van der Waals surface area contributed by atoms with Crippen molar-refractivity contribution in [3.63, 3.8) is 0 Å². The SMILES string of the molecule is CCCCCc1nnc(NC(=O)CNC(=O)c2ccc(Br)o2)s1. The van der Waals surface area contributed by atoms with Crippen LogP contribution < -0.4 is 10.6 Å². The molecular formula is C14H17BrN4O3S. The molecule has 2 aromatic heterocycles. The summed E-state index contributed by atoms with van der Waals surface area (Å²) in [6.45, 7) is 1.98. The van der Waals surface area contributed by atoms with E-state index in [0.717, 1.165) is 30.7 Å². The molecule has 0 atom stereocenters. The van der Waals surface area contributed by atoms with Gasteiger partial charge in [0, 0.05) is 6.42 Å². The second-order valence-corrected chi connectivity index (χ2v) is 6.64. The van der Waals surface area contributed by atoms with Gasteiger partial charge in [0.25, 0.3) is 5.91 Å². The number of nitrogens with one attached hydrogen (secondary N) is 2. The first-order valence-electron chi connectivity index (χ1n) is 7.24. The summed E-state index contributed by atoms with van der Waals surface area (Å²) in [6.07, 6.45) is 4.23. The van der Waals surface area contributed by atoms with Crippen LogP contribution in [0.1, 0.15) is 41.7 Å². The molecular weight excluding hydrogens is 384 g/mol. The van der Waals surface area contributed by atoms with Gasteiger partial charge in [-0.3, -0.25) is 14.9 Å². The van der Waals surface area contributed by atoms with E-state index in [2.05, 4.69) is 43.7 Å². The highest BCUT2D eigenvalue weighted by atomic mass is 79.9. The zero-order chi connectivity index (χ0) is 16.7. The number of hydrogen-bond donors (Lipinski definition) is 2. The highest BCUT2D eigenvalue weighted by Gasteiger charge is 2.13. The third-order valence-electron chi connectivity index (χ3n) is 2.91. The lowest BCUT2D eigenvalue weighted by Gasteiger charge is -2.02. The van der Waals surface area contributed by atoms with Crippen LogP contribution in [-0.4, -0.2) is 28.6 Å². The minimum Gasteiger partial charge on any atom is -0.444 e. The first kappa shape index (κ1) is 17.6. The number of hydrogen-bond acceptors (Lipinski definition) is 6. The zero-order valence-corrected chi connectivity index (χ0v) is 15.0. The van der Waals surface area contributed by atoms with Crippen molar-refractivity contribution in [1.82, 2.24) is 15.5 Å². The lowest BCUT2D eigenvalue weighted by molar-refractivity contribution is -0.115. The number of halogens is 1. The van der Waals surface area contributed by atoms with Crippen molar-refractivity contribution in [2.24, 2.45) is 0 Å². The van der Waals surface area contributed by atoms with Gasteiger partial charge in [0.1, 0.15) is 5.01 Å². The largest absolute Gasteiger partial charge is 0.444 e. The average Bonchev–Trinajstić information content (AvgIpc) is 3.14. The average molecular weight is 401 g/mol. The molecule has 2 rings (SSSR count). The molecule has 0 radical (unpaired) electrons. The fourth-order valence-electron chi connectivity index (χ4n) is 1.78. The molecule has 2 heterocycles. The number of aryl methyl sites for hydroxylation is 1. The van der Waals surface area contributed by atoms with Crippen molar-refractivity contribution in [3.05, 3.63) is 27.6 Å². The first-order chi connectivity index (χ1) is 11.1. The molecule has 0 aliphatic rings. The van der Waals surface area contributed by atoms with E-state index >= 15 is 0 Å². The quantitative estimate of drug-likeness (QED) is 0.663. The summed E-state index contributed by atoms with van der Waals surface area (Å²) >= 11 is 4.46. The Hall–Kier alpha value is -1.74. The predicted octanol–water partition coefficient (Wildman–Crippen LogP) is 2.99. The van der Waals surface area contributed by atoms with Gasteiger partial charge in [-0.1, -0.05) is 31.1 Å². The Kier molecular flexibility index (Phi) is 6.72. The summed E-state index contributed by atoms with van der Waals surface area (Å²) in [5.41, 5.74) is 0. The van der Waals surface area contributed by atoms with Gasteiger partial charge < -0.3 is 9.73 Å². The van der Waals surface area contributed by atoms with Gasteiger partial charge in [0.2, 0.25) is 11.0 Å². The molecule has 0 aliphatic carbocycles. The van der Waals surface area contributed by atoms with Crippen LogP contribution in [0.3, 0.4) is 0 Å². The van der Waals surface area contributed by atoms with Gasteiger partial charge in [0.05, 0.1) is 6.54 Å². The number of anilines is 1. The monoisotopic (exact) mass is 400 g/mol. The summed E-state index contributed by atoms with van der Waals surface area (Å²) in [4.78, 5) is 23.5. The van der Waals surface area contributed by atoms with E-state index in [9.17, 15) is 9.59 Å². The van der Waals surface area contributed by atoms with E-state index in [1.165, 1.54) is 17.4 Å². The van der Waals surface area contributed by atoms with E-state index in [1.807, 2.05) is 0 Å². The summed E-state index contributed by atoms with van der Waals surface area (Å²) in [5, 5.41) is 14.4. The number of carbonyl (C=O) groups excluding carboxylic acids is 2. The van der Waals surface area contributed by atoms with Gasteiger partial charge in [-0.15, -0.1) is 10.2 Å². The molecule has 7 nitrogen and oxygen atoms in total. The molecule has 0 unspecified atom stereocenters. The topological polar surface area (TPSA) is 97.1 Å². The van der Waals surface area contributed by atoms with E-state index in [4.69, 9.17) is 4.42 Å². The molecule has 2 amide bonds. The number of furan rings is 1. The molecule has 23 heavy (non-hydrogen) atoms. The Morgan fingerprint density at radius 3 is 2.83 bits per heavy atom. The highest BCUT2D eigenvalue weighted by molar-refractivity contribution is 9.10. The minimum atomic E-state index is -0.455. The van der Waals surface area contributed by atoms with Crippen molar-refractivity contribution < 1.29 is 14.0 Å². The summed E-state index contributed by atoms with van der Waals surface area (Å²) < 4.78 is 5.55. The van der Waals surface area contributed by atoms with Crippen molar-refractivity contribution in [1.29, 1.82) is 0 Å². The van der Waals surface area contributed by atoms with Crippen LogP contribution in [-0.2, 0) is 11.2 Å². The molecule has 2 aromatic rings. The Morgan fingerprint density at radius 2 is 2.13 bits per heavy atom. The number of amides is 2. The maximum Gasteiger partial charge on any atom is 0.287 e. The number of carbonyl (C=O) groups is 2. The molecule has 0 fully saturated rings. The summed E-state index contributed by atoms with van der Waals surface area (Å²) in [6, 6.07) is 3.13. The van der Waals surface area contributed by atoms with Crippen molar-refractivity contribution >= 4 is 44.2 Å². The lowest BCUT2D eigenvalue weighted by Crippen LogP contribution is -2.32. The molecule has 0 saturated heterocycles. The Morgan fingerprint density at radius 1 is 1.30 bits per heavy atom. The smallest absolute Gasteiger partial charge is 0.287 e. The van der Waals surface area contributed by atoms with Gasteiger partial charge in [-0.25, -0.2) is 0 Å². The van der Waals surface area contributed by atoms with Crippen molar-refractivity contribution in [2.75, 3.05) is 11.9 Å². The van der Waals surface area contributed by atoms with Crippen LogP contribution in [0.5, 0.6) is 0 Å². The predicted molar refractivity (Wildman–Crippen MR) is 90.5 cm³/mol. The van der Waals surface area contributed by atoms with E-state index < -0.39 is 5.91 Å². The minimum absolute atomic E-state index is 0.138. The van der Waals surface area contributed by atoms with Gasteiger partial charge in [0.15, 0.2) is 10.4 Å². The normalized spacial score (nSPS) is 10.5. The van der Waals surface area contributed by atoms with Gasteiger partial charge >= 0.3 is 0 Å². The maximum atomic E-state index is 11.8. The van der Waals surface area contributed by atoms with Crippen LogP contribution in [0.25, 0.3) is 0 Å². The Balaban J connectivity index is 1.75. The first-order valence-corrected chi connectivity index (χ1v) is 8.85. The van der Waals surface area contributed by atoms with Gasteiger partial charge in [-0.2, -0.15) is 0 Å². The number of unbranched alkanes of at least 4 members (excludes halogenated alkanes) is 2. The van der Waals surface area contributed by atoms with Crippen LogP contribution in [0.2, 0.25) is 0 Å². The Bertz CT molecular complexity index is 671. The number of aromatic nitrogens is 2. The number of nitrogens with zero attached hydrogens (tertiary/aromatic N) is 2. The second-order valence-electron chi connectivity index (χ2n) is 4.79. The van der Waals surface area contributed by atoms with E-state index in [-0.39, 0.29) is 18.2 Å². The van der Waals surface area contributed by atoms with E-state index in [1.54, 1.807) is 6.07 Å². The van der Waals surface area contributed by atoms with Crippen LogP contribution in [0, 0.1) is 0 Å². The molecule has 0 saturated carbocycles. The van der Waals surface area contributed by atoms with Gasteiger partial charge in [-0.05, 0) is 34.5 Å². The third-order valence-corrected chi connectivity index (χ3v) is 4.24. The standard InChI is InChI=1S/C14H17BrN4O3S/c1-2-3-4-5-12-18-19-14(23-12)17-11(20)8-16-13(21)9-6-7-10(15)22-9/h6-7H,2-5,8H2,1H3,(H,16,21)(H,17,19,20).